The van der Waals surface area contributed by atoms with Gasteiger partial charge in [-0.2, -0.15) is 0 Å². The normalized spacial score (nSPS) is 17.5. The molecule has 2 rings (SSSR count). The minimum absolute atomic E-state index is 0.103. The third-order valence-corrected chi connectivity index (χ3v) is 3.96. The Bertz CT molecular complexity index is 418. The van der Waals surface area contributed by atoms with Crippen LogP contribution in [0.1, 0.15) is 24.0 Å². The maximum Gasteiger partial charge on any atom is 0.263 e. The lowest BCUT2D eigenvalue weighted by molar-refractivity contribution is 0.151. The van der Waals surface area contributed by atoms with Gasteiger partial charge in [0, 0.05) is 38.3 Å². The molecule has 3 nitrogen and oxygen atoms in total. The van der Waals surface area contributed by atoms with Gasteiger partial charge >= 0.3 is 0 Å². The average molecular weight is 297 g/mol. The number of halogens is 2. The van der Waals surface area contributed by atoms with Gasteiger partial charge in [0.25, 0.3) is 6.43 Å². The van der Waals surface area contributed by atoms with Crippen molar-refractivity contribution in [1.29, 1.82) is 0 Å². The summed E-state index contributed by atoms with van der Waals surface area (Å²) in [5.74, 6) is 0. The molecule has 1 N–H and O–H groups in total. The van der Waals surface area contributed by atoms with E-state index >= 15 is 0 Å². The molecule has 118 valence electrons. The first-order valence-corrected chi connectivity index (χ1v) is 7.64. The number of alkyl halides is 2. The predicted molar refractivity (Wildman–Crippen MR) is 81.7 cm³/mol. The third-order valence-electron chi connectivity index (χ3n) is 3.96. The molecule has 1 aliphatic rings. The van der Waals surface area contributed by atoms with Gasteiger partial charge in [-0.15, -0.1) is 0 Å². The highest BCUT2D eigenvalue weighted by molar-refractivity contribution is 5.24. The molecule has 0 amide bonds. The van der Waals surface area contributed by atoms with Gasteiger partial charge in [-0.05, 0) is 38.2 Å². The first kappa shape index (κ1) is 16.3. The molecule has 1 heterocycles. The van der Waals surface area contributed by atoms with Crippen molar-refractivity contribution in [2.24, 2.45) is 0 Å². The molecule has 0 spiro atoms. The van der Waals surface area contributed by atoms with Crippen LogP contribution in [0.5, 0.6) is 0 Å². The Hall–Kier alpha value is -1.04. The van der Waals surface area contributed by atoms with Crippen LogP contribution in [-0.2, 0) is 6.54 Å². The molecule has 1 aromatic rings. The van der Waals surface area contributed by atoms with Crippen molar-refractivity contribution < 1.29 is 8.78 Å². The molecule has 1 aliphatic heterocycles. The number of benzene rings is 1. The number of likely N-dealkylation sites (N-methyl/N-ethyl adjacent to an activating group) is 1. The van der Waals surface area contributed by atoms with Crippen molar-refractivity contribution in [2.45, 2.75) is 19.4 Å². The molecular formula is C16H25F2N3. The number of nitrogens with zero attached hydrogens (tertiary/aromatic N) is 2. The van der Waals surface area contributed by atoms with E-state index in [9.17, 15) is 8.78 Å². The minimum Gasteiger partial charge on any atom is -0.313 e. The van der Waals surface area contributed by atoms with Crippen LogP contribution in [0.15, 0.2) is 24.3 Å². The summed E-state index contributed by atoms with van der Waals surface area (Å²) in [6.07, 6.45) is -1.29. The summed E-state index contributed by atoms with van der Waals surface area (Å²) in [7, 11) is 2.16. The Labute approximate surface area is 125 Å². The first-order chi connectivity index (χ1) is 10.1. The van der Waals surface area contributed by atoms with E-state index < -0.39 is 6.43 Å². The zero-order valence-electron chi connectivity index (χ0n) is 12.7. The molecule has 0 atom stereocenters. The summed E-state index contributed by atoms with van der Waals surface area (Å²) in [4.78, 5) is 4.84. The van der Waals surface area contributed by atoms with Crippen LogP contribution in [0.25, 0.3) is 0 Å². The second-order valence-electron chi connectivity index (χ2n) is 5.72. The first-order valence-electron chi connectivity index (χ1n) is 7.64. The summed E-state index contributed by atoms with van der Waals surface area (Å²) >= 11 is 0. The lowest BCUT2D eigenvalue weighted by Gasteiger charge is -2.32. The highest BCUT2D eigenvalue weighted by Crippen LogP contribution is 2.19. The van der Waals surface area contributed by atoms with Gasteiger partial charge in [0.15, 0.2) is 0 Å². The van der Waals surface area contributed by atoms with Crippen LogP contribution in [0.2, 0.25) is 0 Å². The number of rotatable bonds is 7. The van der Waals surface area contributed by atoms with Crippen LogP contribution in [-0.4, -0.2) is 56.1 Å². The lowest BCUT2D eigenvalue weighted by Crippen LogP contribution is -2.45. The number of hydrogen-bond acceptors (Lipinski definition) is 3. The molecule has 0 saturated carbocycles. The minimum atomic E-state index is -2.39. The fraction of sp³-hybridized carbons (Fsp3) is 0.625. The molecule has 0 bridgehead atoms. The summed E-state index contributed by atoms with van der Waals surface area (Å²) in [6, 6.07) is 6.64. The second kappa shape index (κ2) is 8.41. The van der Waals surface area contributed by atoms with Gasteiger partial charge in [0.2, 0.25) is 0 Å². The van der Waals surface area contributed by atoms with E-state index in [4.69, 9.17) is 0 Å². The van der Waals surface area contributed by atoms with Gasteiger partial charge in [-0.3, -0.25) is 0 Å². The van der Waals surface area contributed by atoms with E-state index in [1.807, 2.05) is 6.07 Å². The van der Waals surface area contributed by atoms with Crippen LogP contribution < -0.4 is 5.32 Å². The van der Waals surface area contributed by atoms with Crippen LogP contribution in [0, 0.1) is 0 Å². The topological polar surface area (TPSA) is 18.5 Å². The van der Waals surface area contributed by atoms with Crippen molar-refractivity contribution >= 4 is 0 Å². The summed E-state index contributed by atoms with van der Waals surface area (Å²) in [5.41, 5.74) is 1.03. The van der Waals surface area contributed by atoms with E-state index in [0.717, 1.165) is 51.3 Å². The quantitative estimate of drug-likeness (QED) is 0.780. The monoisotopic (exact) mass is 297 g/mol. The van der Waals surface area contributed by atoms with Crippen molar-refractivity contribution in [1.82, 2.24) is 15.1 Å². The Morgan fingerprint density at radius 2 is 1.95 bits per heavy atom. The molecule has 0 aliphatic carbocycles. The van der Waals surface area contributed by atoms with Crippen LogP contribution in [0.4, 0.5) is 8.78 Å². The highest BCUT2D eigenvalue weighted by Gasteiger charge is 2.12. The Kier molecular flexibility index (Phi) is 6.54. The van der Waals surface area contributed by atoms with Crippen LogP contribution in [0.3, 0.4) is 0 Å². The van der Waals surface area contributed by atoms with E-state index in [-0.39, 0.29) is 5.56 Å². The van der Waals surface area contributed by atoms with Crippen molar-refractivity contribution in [3.63, 3.8) is 0 Å². The number of nitrogens with one attached hydrogen (secondary N) is 1. The maximum atomic E-state index is 12.6. The molecule has 0 radical (unpaired) electrons. The van der Waals surface area contributed by atoms with Crippen molar-refractivity contribution in [3.05, 3.63) is 35.4 Å². The van der Waals surface area contributed by atoms with Crippen molar-refractivity contribution in [3.8, 4) is 0 Å². The van der Waals surface area contributed by atoms with E-state index in [2.05, 4.69) is 22.2 Å². The molecule has 1 aromatic carbocycles. The summed E-state index contributed by atoms with van der Waals surface area (Å²) in [6.45, 7) is 7.27. The van der Waals surface area contributed by atoms with Gasteiger partial charge in [0.05, 0.1) is 0 Å². The Morgan fingerprint density at radius 3 is 2.67 bits per heavy atom. The SMILES string of the molecule is CN1CCN(CCCNCc2cccc(C(F)F)c2)CC1. The largest absolute Gasteiger partial charge is 0.313 e. The van der Waals surface area contributed by atoms with E-state index in [1.165, 1.54) is 6.07 Å². The summed E-state index contributed by atoms with van der Waals surface area (Å²) in [5, 5.41) is 3.33. The van der Waals surface area contributed by atoms with Gasteiger partial charge < -0.3 is 15.1 Å². The molecule has 0 aromatic heterocycles. The maximum absolute atomic E-state index is 12.6. The fourth-order valence-electron chi connectivity index (χ4n) is 2.57. The second-order valence-corrected chi connectivity index (χ2v) is 5.72. The van der Waals surface area contributed by atoms with E-state index in [0.29, 0.717) is 6.54 Å². The molecule has 5 heteroatoms. The van der Waals surface area contributed by atoms with Crippen LogP contribution >= 0.6 is 0 Å². The predicted octanol–water partition coefficient (Wildman–Crippen LogP) is 2.35. The van der Waals surface area contributed by atoms with Gasteiger partial charge in [-0.25, -0.2) is 8.78 Å². The standard InChI is InChI=1S/C16H25F2N3/c1-20-8-10-21(11-9-20)7-3-6-19-13-14-4-2-5-15(12-14)16(17)18/h2,4-5,12,16,19H,3,6-11,13H2,1H3. The Morgan fingerprint density at radius 1 is 1.19 bits per heavy atom. The van der Waals surface area contributed by atoms with Crippen molar-refractivity contribution in [2.75, 3.05) is 46.3 Å². The zero-order chi connectivity index (χ0) is 15.1. The highest BCUT2D eigenvalue weighted by atomic mass is 19.3. The van der Waals surface area contributed by atoms with Gasteiger partial charge in [-0.1, -0.05) is 18.2 Å². The molecule has 1 saturated heterocycles. The molecule has 0 unspecified atom stereocenters. The molecule has 21 heavy (non-hydrogen) atoms. The Balaban J connectivity index is 1.60. The average Bonchev–Trinajstić information content (AvgIpc) is 2.49. The van der Waals surface area contributed by atoms with E-state index in [1.54, 1.807) is 12.1 Å². The lowest BCUT2D eigenvalue weighted by atomic mass is 10.1. The zero-order valence-corrected chi connectivity index (χ0v) is 12.7. The molecular weight excluding hydrogens is 272 g/mol. The van der Waals surface area contributed by atoms with Gasteiger partial charge in [0.1, 0.15) is 0 Å². The number of hydrogen-bond donors (Lipinski definition) is 1. The fourth-order valence-corrected chi connectivity index (χ4v) is 2.57. The summed E-state index contributed by atoms with van der Waals surface area (Å²) < 4.78 is 25.2. The smallest absolute Gasteiger partial charge is 0.263 e. The third kappa shape index (κ3) is 5.69. The number of piperazine rings is 1. The molecule has 1 fully saturated rings.